The van der Waals surface area contributed by atoms with Crippen molar-refractivity contribution in [1.82, 2.24) is 9.97 Å². The molecule has 0 fully saturated rings. The third-order valence-electron chi connectivity index (χ3n) is 3.01. The SMILES string of the molecule is Cc1ccccc1-c1nc(C)c(CN)c(C)n1.Cl. The van der Waals surface area contributed by atoms with Crippen molar-refractivity contribution in [1.29, 1.82) is 0 Å². The van der Waals surface area contributed by atoms with E-state index in [2.05, 4.69) is 23.0 Å². The first-order valence-corrected chi connectivity index (χ1v) is 5.73. The largest absolute Gasteiger partial charge is 0.326 e. The summed E-state index contributed by atoms with van der Waals surface area (Å²) in [6.45, 7) is 6.53. The predicted molar refractivity (Wildman–Crippen MR) is 76.8 cm³/mol. The van der Waals surface area contributed by atoms with Gasteiger partial charge in [-0.3, -0.25) is 0 Å². The van der Waals surface area contributed by atoms with Crippen LogP contribution in [0, 0.1) is 20.8 Å². The van der Waals surface area contributed by atoms with Crippen molar-refractivity contribution < 1.29 is 0 Å². The summed E-state index contributed by atoms with van der Waals surface area (Å²) in [5, 5.41) is 0. The number of aromatic nitrogens is 2. The van der Waals surface area contributed by atoms with E-state index in [4.69, 9.17) is 5.73 Å². The molecule has 0 amide bonds. The van der Waals surface area contributed by atoms with E-state index in [9.17, 15) is 0 Å². The number of hydrogen-bond acceptors (Lipinski definition) is 3. The van der Waals surface area contributed by atoms with Gasteiger partial charge in [-0.05, 0) is 26.3 Å². The van der Waals surface area contributed by atoms with Gasteiger partial charge in [0.2, 0.25) is 0 Å². The average molecular weight is 264 g/mol. The Morgan fingerprint density at radius 1 is 1.00 bits per heavy atom. The summed E-state index contributed by atoms with van der Waals surface area (Å²) < 4.78 is 0. The number of hydrogen-bond donors (Lipinski definition) is 1. The highest BCUT2D eigenvalue weighted by Crippen LogP contribution is 2.21. The minimum atomic E-state index is 0. The van der Waals surface area contributed by atoms with Crippen LogP contribution < -0.4 is 5.73 Å². The van der Waals surface area contributed by atoms with Crippen molar-refractivity contribution in [3.63, 3.8) is 0 Å². The topological polar surface area (TPSA) is 51.8 Å². The molecule has 0 bridgehead atoms. The summed E-state index contributed by atoms with van der Waals surface area (Å²) in [5.41, 5.74) is 10.9. The van der Waals surface area contributed by atoms with Crippen molar-refractivity contribution in [3.05, 3.63) is 46.8 Å². The molecule has 0 spiro atoms. The Kier molecular flexibility index (Phi) is 4.82. The lowest BCUT2D eigenvalue weighted by atomic mass is 10.1. The highest BCUT2D eigenvalue weighted by Gasteiger charge is 2.09. The molecule has 1 heterocycles. The molecule has 2 aromatic rings. The van der Waals surface area contributed by atoms with Crippen LogP contribution >= 0.6 is 12.4 Å². The van der Waals surface area contributed by atoms with Crippen molar-refractivity contribution in [2.45, 2.75) is 27.3 Å². The van der Waals surface area contributed by atoms with Crippen LogP contribution in [-0.4, -0.2) is 9.97 Å². The van der Waals surface area contributed by atoms with Gasteiger partial charge >= 0.3 is 0 Å². The molecule has 2 N–H and O–H groups in total. The minimum absolute atomic E-state index is 0. The minimum Gasteiger partial charge on any atom is -0.326 e. The van der Waals surface area contributed by atoms with E-state index in [1.165, 1.54) is 5.56 Å². The van der Waals surface area contributed by atoms with Crippen LogP contribution in [0.25, 0.3) is 11.4 Å². The first kappa shape index (κ1) is 14.6. The van der Waals surface area contributed by atoms with Crippen LogP contribution in [0.15, 0.2) is 24.3 Å². The Balaban J connectivity index is 0.00000162. The van der Waals surface area contributed by atoms with Crippen LogP contribution in [0.5, 0.6) is 0 Å². The molecule has 1 aromatic carbocycles. The highest BCUT2D eigenvalue weighted by atomic mass is 35.5. The fraction of sp³-hybridized carbons (Fsp3) is 0.286. The maximum Gasteiger partial charge on any atom is 0.159 e. The normalized spacial score (nSPS) is 10.0. The van der Waals surface area contributed by atoms with E-state index in [1.807, 2.05) is 32.0 Å². The summed E-state index contributed by atoms with van der Waals surface area (Å²) in [6.07, 6.45) is 0. The van der Waals surface area contributed by atoms with Gasteiger partial charge in [0, 0.05) is 29.1 Å². The Labute approximate surface area is 114 Å². The van der Waals surface area contributed by atoms with Crippen molar-refractivity contribution in [2.24, 2.45) is 5.73 Å². The molecule has 0 saturated heterocycles. The van der Waals surface area contributed by atoms with Gasteiger partial charge in [0.25, 0.3) is 0 Å². The standard InChI is InChI=1S/C14H17N3.ClH/c1-9-6-4-5-7-12(9)14-16-10(2)13(8-15)11(3)17-14;/h4-7H,8,15H2,1-3H3;1H. The van der Waals surface area contributed by atoms with Gasteiger partial charge in [-0.15, -0.1) is 12.4 Å². The summed E-state index contributed by atoms with van der Waals surface area (Å²) in [5.74, 6) is 0.787. The van der Waals surface area contributed by atoms with Crippen LogP contribution in [-0.2, 0) is 6.54 Å². The van der Waals surface area contributed by atoms with Gasteiger partial charge in [-0.1, -0.05) is 24.3 Å². The molecule has 2 rings (SSSR count). The average Bonchev–Trinajstić information content (AvgIpc) is 2.29. The van der Waals surface area contributed by atoms with Gasteiger partial charge in [-0.25, -0.2) is 9.97 Å². The lowest BCUT2D eigenvalue weighted by molar-refractivity contribution is 0.938. The van der Waals surface area contributed by atoms with E-state index in [-0.39, 0.29) is 12.4 Å². The molecule has 0 unspecified atom stereocenters. The smallest absolute Gasteiger partial charge is 0.159 e. The summed E-state index contributed by atoms with van der Waals surface area (Å²) in [7, 11) is 0. The fourth-order valence-corrected chi connectivity index (χ4v) is 1.98. The maximum atomic E-state index is 5.69. The lowest BCUT2D eigenvalue weighted by Gasteiger charge is -2.10. The van der Waals surface area contributed by atoms with Crippen LogP contribution in [0.1, 0.15) is 22.5 Å². The van der Waals surface area contributed by atoms with Crippen molar-refractivity contribution >= 4 is 12.4 Å². The zero-order valence-corrected chi connectivity index (χ0v) is 11.7. The summed E-state index contributed by atoms with van der Waals surface area (Å²) in [6, 6.07) is 8.14. The Morgan fingerprint density at radius 2 is 1.56 bits per heavy atom. The number of halogens is 1. The number of aryl methyl sites for hydroxylation is 3. The van der Waals surface area contributed by atoms with E-state index >= 15 is 0 Å². The van der Waals surface area contributed by atoms with E-state index < -0.39 is 0 Å². The zero-order valence-electron chi connectivity index (χ0n) is 10.9. The molecule has 0 aliphatic carbocycles. The third kappa shape index (κ3) is 2.68. The molecule has 4 heteroatoms. The van der Waals surface area contributed by atoms with Gasteiger partial charge in [-0.2, -0.15) is 0 Å². The Bertz CT molecular complexity index is 529. The first-order valence-electron chi connectivity index (χ1n) is 5.73. The molecular weight excluding hydrogens is 246 g/mol. The molecular formula is C14H18ClN3. The van der Waals surface area contributed by atoms with Crippen LogP contribution in [0.3, 0.4) is 0 Å². The molecule has 0 atom stereocenters. The molecule has 0 saturated carbocycles. The lowest BCUT2D eigenvalue weighted by Crippen LogP contribution is -2.07. The zero-order chi connectivity index (χ0) is 12.4. The third-order valence-corrected chi connectivity index (χ3v) is 3.01. The Morgan fingerprint density at radius 3 is 2.06 bits per heavy atom. The summed E-state index contributed by atoms with van der Waals surface area (Å²) in [4.78, 5) is 9.09. The first-order chi connectivity index (χ1) is 8.13. The molecule has 96 valence electrons. The second-order valence-electron chi connectivity index (χ2n) is 4.22. The molecule has 1 aromatic heterocycles. The number of nitrogens with zero attached hydrogens (tertiary/aromatic N) is 2. The number of nitrogens with two attached hydrogens (primary N) is 1. The van der Waals surface area contributed by atoms with E-state index in [0.717, 1.165) is 28.3 Å². The van der Waals surface area contributed by atoms with Gasteiger partial charge in [0.15, 0.2) is 5.82 Å². The quantitative estimate of drug-likeness (QED) is 0.906. The van der Waals surface area contributed by atoms with Gasteiger partial charge < -0.3 is 5.73 Å². The molecule has 0 radical (unpaired) electrons. The maximum absolute atomic E-state index is 5.69. The van der Waals surface area contributed by atoms with Crippen LogP contribution in [0.2, 0.25) is 0 Å². The summed E-state index contributed by atoms with van der Waals surface area (Å²) >= 11 is 0. The number of benzene rings is 1. The van der Waals surface area contributed by atoms with E-state index in [0.29, 0.717) is 6.54 Å². The Hall–Kier alpha value is -1.45. The second kappa shape index (κ2) is 5.94. The van der Waals surface area contributed by atoms with Gasteiger partial charge in [0.05, 0.1) is 0 Å². The van der Waals surface area contributed by atoms with Crippen molar-refractivity contribution in [3.8, 4) is 11.4 Å². The number of rotatable bonds is 2. The molecule has 0 aliphatic heterocycles. The van der Waals surface area contributed by atoms with E-state index in [1.54, 1.807) is 0 Å². The molecule has 3 nitrogen and oxygen atoms in total. The predicted octanol–water partition coefficient (Wildman–Crippen LogP) is 2.95. The van der Waals surface area contributed by atoms with Crippen molar-refractivity contribution in [2.75, 3.05) is 0 Å². The van der Waals surface area contributed by atoms with Crippen LogP contribution in [0.4, 0.5) is 0 Å². The fourth-order valence-electron chi connectivity index (χ4n) is 1.98. The second-order valence-corrected chi connectivity index (χ2v) is 4.22. The molecule has 0 aliphatic rings. The monoisotopic (exact) mass is 263 g/mol. The van der Waals surface area contributed by atoms with Gasteiger partial charge in [0.1, 0.15) is 0 Å². The molecule has 18 heavy (non-hydrogen) atoms. The highest BCUT2D eigenvalue weighted by molar-refractivity contribution is 5.85.